The number of nitrogens with zero attached hydrogens (tertiary/aromatic N) is 1. The normalized spacial score (nSPS) is 25.6. The van der Waals surface area contributed by atoms with Crippen LogP contribution in [0.25, 0.3) is 0 Å². The molecule has 0 heterocycles. The van der Waals surface area contributed by atoms with Crippen LogP contribution in [0, 0.1) is 24.2 Å². The number of nitrogens with one attached hydrogen (secondary N) is 1. The van der Waals surface area contributed by atoms with E-state index in [0.29, 0.717) is 5.92 Å². The maximum Gasteiger partial charge on any atom is 0.109 e. The molecule has 2 nitrogen and oxygen atoms in total. The minimum atomic E-state index is -0.260. The van der Waals surface area contributed by atoms with Gasteiger partial charge in [0.05, 0.1) is 6.07 Å². The number of thioether (sulfide) groups is 1. The van der Waals surface area contributed by atoms with Gasteiger partial charge in [-0.2, -0.15) is 17.0 Å². The van der Waals surface area contributed by atoms with Crippen molar-refractivity contribution < 1.29 is 0 Å². The van der Waals surface area contributed by atoms with Crippen LogP contribution in [0.2, 0.25) is 0 Å². The van der Waals surface area contributed by atoms with Crippen LogP contribution in [0.1, 0.15) is 36.8 Å². The number of aryl methyl sites for hydroxylation is 1. The summed E-state index contributed by atoms with van der Waals surface area (Å²) in [7, 11) is 1.93. The van der Waals surface area contributed by atoms with Crippen molar-refractivity contribution in [2.75, 3.05) is 12.8 Å². The largest absolute Gasteiger partial charge is 0.302 e. The lowest BCUT2D eigenvalue weighted by Crippen LogP contribution is -2.44. The van der Waals surface area contributed by atoms with Crippen LogP contribution in [0.5, 0.6) is 0 Å². The molecule has 1 fully saturated rings. The molecule has 0 spiro atoms. The third kappa shape index (κ3) is 3.56. The van der Waals surface area contributed by atoms with E-state index in [1.54, 1.807) is 0 Å². The highest BCUT2D eigenvalue weighted by molar-refractivity contribution is 7.98. The summed E-state index contributed by atoms with van der Waals surface area (Å²) < 4.78 is 0. The maximum atomic E-state index is 9.43. The average Bonchev–Trinajstić information content (AvgIpc) is 2.87. The van der Waals surface area contributed by atoms with E-state index in [0.717, 1.165) is 24.3 Å². The molecule has 1 N–H and O–H groups in total. The zero-order valence-corrected chi connectivity index (χ0v) is 13.3. The van der Waals surface area contributed by atoms with Crippen molar-refractivity contribution in [3.63, 3.8) is 0 Å². The Hall–Kier alpha value is -0.980. The van der Waals surface area contributed by atoms with Gasteiger partial charge in [0.2, 0.25) is 0 Å². The van der Waals surface area contributed by atoms with Crippen LogP contribution < -0.4 is 5.32 Å². The van der Waals surface area contributed by atoms with Crippen molar-refractivity contribution in [3.05, 3.63) is 35.4 Å². The molecule has 1 aliphatic carbocycles. The van der Waals surface area contributed by atoms with Crippen LogP contribution in [0.3, 0.4) is 0 Å². The fourth-order valence-corrected chi connectivity index (χ4v) is 4.23. The molecule has 2 rings (SSSR count). The predicted octanol–water partition coefficient (Wildman–Crippen LogP) is 3.90. The van der Waals surface area contributed by atoms with E-state index in [1.165, 1.54) is 24.0 Å². The van der Waals surface area contributed by atoms with Crippen LogP contribution in [0.4, 0.5) is 0 Å². The summed E-state index contributed by atoms with van der Waals surface area (Å²) in [6, 6.07) is 11.2. The van der Waals surface area contributed by atoms with Gasteiger partial charge in [0.1, 0.15) is 5.54 Å². The molecule has 1 aromatic rings. The van der Waals surface area contributed by atoms with Crippen molar-refractivity contribution in [3.8, 4) is 6.07 Å². The summed E-state index contributed by atoms with van der Waals surface area (Å²) in [6.45, 7) is 2.14. The van der Waals surface area contributed by atoms with Gasteiger partial charge in [-0.05, 0) is 50.5 Å². The predicted molar refractivity (Wildman–Crippen MR) is 86.7 cm³/mol. The topological polar surface area (TPSA) is 35.8 Å². The molecular formula is C17H24N2S. The standard InChI is InChI=1S/C17H24N2S/c1-14-5-3-6-15(11-14)12-20-10-8-16-7-4-9-17(16,13-18)19-2/h3,5-6,11,16,19H,4,7-10,12H2,1-2H3. The average molecular weight is 288 g/mol. The van der Waals surface area contributed by atoms with Gasteiger partial charge in [-0.1, -0.05) is 36.2 Å². The fraction of sp³-hybridized carbons (Fsp3) is 0.588. The van der Waals surface area contributed by atoms with Crippen LogP contribution in [-0.2, 0) is 5.75 Å². The van der Waals surface area contributed by atoms with Gasteiger partial charge >= 0.3 is 0 Å². The van der Waals surface area contributed by atoms with Gasteiger partial charge in [0.15, 0.2) is 0 Å². The van der Waals surface area contributed by atoms with E-state index in [4.69, 9.17) is 0 Å². The molecule has 0 bridgehead atoms. The molecule has 0 aromatic heterocycles. The number of nitriles is 1. The summed E-state index contributed by atoms with van der Waals surface area (Å²) in [5.41, 5.74) is 2.48. The molecule has 108 valence electrons. The Morgan fingerprint density at radius 2 is 2.35 bits per heavy atom. The van der Waals surface area contributed by atoms with Crippen LogP contribution in [-0.4, -0.2) is 18.3 Å². The van der Waals surface area contributed by atoms with E-state index >= 15 is 0 Å². The van der Waals surface area contributed by atoms with E-state index in [-0.39, 0.29) is 5.54 Å². The van der Waals surface area contributed by atoms with Gasteiger partial charge in [-0.15, -0.1) is 0 Å². The zero-order chi connectivity index (χ0) is 14.4. The van der Waals surface area contributed by atoms with Crippen molar-refractivity contribution in [2.24, 2.45) is 5.92 Å². The van der Waals surface area contributed by atoms with Crippen LogP contribution >= 0.6 is 11.8 Å². The Balaban J connectivity index is 1.77. The van der Waals surface area contributed by atoms with Crippen molar-refractivity contribution in [1.82, 2.24) is 5.32 Å². The summed E-state index contributed by atoms with van der Waals surface area (Å²) in [5.74, 6) is 2.74. The third-order valence-corrected chi connectivity index (χ3v) is 5.49. The van der Waals surface area contributed by atoms with E-state index in [9.17, 15) is 5.26 Å². The Kier molecular flexibility index (Phi) is 5.51. The molecule has 1 aromatic carbocycles. The molecule has 1 saturated carbocycles. The Morgan fingerprint density at radius 3 is 3.05 bits per heavy atom. The first-order valence-electron chi connectivity index (χ1n) is 7.43. The first-order valence-corrected chi connectivity index (χ1v) is 8.59. The van der Waals surface area contributed by atoms with E-state index < -0.39 is 0 Å². The monoisotopic (exact) mass is 288 g/mol. The van der Waals surface area contributed by atoms with Gasteiger partial charge in [-0.25, -0.2) is 0 Å². The number of rotatable bonds is 6. The lowest BCUT2D eigenvalue weighted by molar-refractivity contribution is 0.332. The highest BCUT2D eigenvalue weighted by Crippen LogP contribution is 2.38. The lowest BCUT2D eigenvalue weighted by atomic mass is 9.87. The second kappa shape index (κ2) is 7.15. The first kappa shape index (κ1) is 15.4. The summed E-state index contributed by atoms with van der Waals surface area (Å²) in [5, 5.41) is 12.7. The fourth-order valence-electron chi connectivity index (χ4n) is 3.22. The molecule has 0 radical (unpaired) electrons. The Morgan fingerprint density at radius 1 is 1.50 bits per heavy atom. The number of hydrogen-bond acceptors (Lipinski definition) is 3. The number of benzene rings is 1. The molecule has 0 saturated heterocycles. The van der Waals surface area contributed by atoms with Gasteiger partial charge in [0, 0.05) is 5.75 Å². The van der Waals surface area contributed by atoms with Crippen molar-refractivity contribution in [1.29, 1.82) is 5.26 Å². The highest BCUT2D eigenvalue weighted by Gasteiger charge is 2.41. The second-order valence-electron chi connectivity index (χ2n) is 5.75. The molecule has 2 unspecified atom stereocenters. The SMILES string of the molecule is CNC1(C#N)CCCC1CCSCc1cccc(C)c1. The molecule has 3 heteroatoms. The molecular weight excluding hydrogens is 264 g/mol. The van der Waals surface area contributed by atoms with Gasteiger partial charge < -0.3 is 5.32 Å². The maximum absolute atomic E-state index is 9.43. The quantitative estimate of drug-likeness (QED) is 0.806. The van der Waals surface area contributed by atoms with Gasteiger partial charge in [0.25, 0.3) is 0 Å². The van der Waals surface area contributed by atoms with E-state index in [2.05, 4.69) is 42.6 Å². The van der Waals surface area contributed by atoms with Crippen molar-refractivity contribution in [2.45, 2.75) is 43.9 Å². The van der Waals surface area contributed by atoms with Gasteiger partial charge in [-0.3, -0.25) is 0 Å². The zero-order valence-electron chi connectivity index (χ0n) is 12.5. The second-order valence-corrected chi connectivity index (χ2v) is 6.86. The minimum Gasteiger partial charge on any atom is -0.302 e. The van der Waals surface area contributed by atoms with E-state index in [1.807, 2.05) is 18.8 Å². The Labute approximate surface area is 127 Å². The Bertz CT molecular complexity index is 480. The molecule has 20 heavy (non-hydrogen) atoms. The molecule has 0 amide bonds. The number of hydrogen-bond donors (Lipinski definition) is 1. The summed E-state index contributed by atoms with van der Waals surface area (Å²) >= 11 is 1.99. The lowest BCUT2D eigenvalue weighted by Gasteiger charge is -2.28. The van der Waals surface area contributed by atoms with Crippen LogP contribution in [0.15, 0.2) is 24.3 Å². The molecule has 0 aliphatic heterocycles. The molecule has 2 atom stereocenters. The summed E-state index contributed by atoms with van der Waals surface area (Å²) in [6.07, 6.45) is 4.53. The molecule has 1 aliphatic rings. The smallest absolute Gasteiger partial charge is 0.109 e. The highest BCUT2D eigenvalue weighted by atomic mass is 32.2. The summed E-state index contributed by atoms with van der Waals surface area (Å²) in [4.78, 5) is 0. The first-order chi connectivity index (χ1) is 9.70. The third-order valence-electron chi connectivity index (χ3n) is 4.43. The minimum absolute atomic E-state index is 0.260. The van der Waals surface area contributed by atoms with Crippen molar-refractivity contribution >= 4 is 11.8 Å².